The van der Waals surface area contributed by atoms with E-state index in [9.17, 15) is 4.79 Å². The number of nitrogens with one attached hydrogen (secondary N) is 1. The summed E-state index contributed by atoms with van der Waals surface area (Å²) in [7, 11) is 0. The fourth-order valence-corrected chi connectivity index (χ4v) is 4.02. The van der Waals surface area contributed by atoms with Gasteiger partial charge in [0, 0.05) is 18.0 Å². The minimum Gasteiger partial charge on any atom is -0.323 e. The zero-order valence-corrected chi connectivity index (χ0v) is 18.0. The number of carbonyl (C=O) groups is 1. The molecule has 1 heterocycles. The predicted octanol–water partition coefficient (Wildman–Crippen LogP) is 5.58. The first kappa shape index (κ1) is 21.0. The van der Waals surface area contributed by atoms with Crippen molar-refractivity contribution in [2.75, 3.05) is 11.1 Å². The third kappa shape index (κ3) is 5.20. The Kier molecular flexibility index (Phi) is 7.24. The number of carbonyl (C=O) groups excluding carboxylic acids is 1. The van der Waals surface area contributed by atoms with Gasteiger partial charge in [0.1, 0.15) is 5.82 Å². The molecular weight excluding hydrogens is 439 g/mol. The number of hydrogen-bond donors (Lipinski definition) is 1. The molecule has 0 aliphatic rings. The molecule has 1 amide bonds. The van der Waals surface area contributed by atoms with Crippen LogP contribution in [0.4, 0.5) is 5.69 Å². The van der Waals surface area contributed by atoms with Crippen molar-refractivity contribution in [2.24, 2.45) is 0 Å². The van der Waals surface area contributed by atoms with Gasteiger partial charge in [-0.05, 0) is 36.8 Å². The highest BCUT2D eigenvalue weighted by molar-refractivity contribution is 7.99. The molecule has 0 aliphatic carbocycles. The topological polar surface area (TPSA) is 59.8 Å². The molecule has 0 unspecified atom stereocenters. The highest BCUT2D eigenvalue weighted by Gasteiger charge is 2.15. The van der Waals surface area contributed by atoms with Gasteiger partial charge >= 0.3 is 0 Å². The van der Waals surface area contributed by atoms with Crippen LogP contribution in [0.25, 0.3) is 0 Å². The van der Waals surface area contributed by atoms with E-state index < -0.39 is 0 Å². The second-order valence-electron chi connectivity index (χ2n) is 5.88. The molecule has 0 spiro atoms. The highest BCUT2D eigenvalue weighted by Crippen LogP contribution is 2.30. The number of amides is 1. The summed E-state index contributed by atoms with van der Waals surface area (Å²) in [5, 5.41) is 13.4. The molecule has 0 radical (unpaired) electrons. The van der Waals surface area contributed by atoms with Gasteiger partial charge in [-0.1, -0.05) is 64.8 Å². The average molecular weight is 456 g/mol. The second kappa shape index (κ2) is 9.65. The molecule has 0 saturated heterocycles. The third-order valence-electron chi connectivity index (χ3n) is 3.94. The van der Waals surface area contributed by atoms with Crippen molar-refractivity contribution in [1.29, 1.82) is 0 Å². The van der Waals surface area contributed by atoms with E-state index in [1.54, 1.807) is 18.2 Å². The number of rotatable bonds is 7. The maximum Gasteiger partial charge on any atom is 0.234 e. The number of aromatic nitrogens is 3. The number of hydrogen-bond acceptors (Lipinski definition) is 4. The number of halogens is 3. The number of benzene rings is 2. The normalized spacial score (nSPS) is 10.9. The smallest absolute Gasteiger partial charge is 0.234 e. The summed E-state index contributed by atoms with van der Waals surface area (Å²) < 4.78 is 2.00. The van der Waals surface area contributed by atoms with Gasteiger partial charge in [0.2, 0.25) is 5.91 Å². The van der Waals surface area contributed by atoms with E-state index in [2.05, 4.69) is 15.5 Å². The molecule has 0 bridgehead atoms. The standard InChI is InChI=1S/C19H17Cl3N4OS/c1-2-26-16(10-12-6-8-13(20)9-7-12)24-25-19(26)28-11-17(27)23-18-14(21)4-3-5-15(18)22/h3-9H,2,10-11H2,1H3,(H,23,27). The molecule has 9 heteroatoms. The average Bonchev–Trinajstić information content (AvgIpc) is 3.06. The first-order chi connectivity index (χ1) is 13.5. The predicted molar refractivity (Wildman–Crippen MR) is 116 cm³/mol. The molecule has 28 heavy (non-hydrogen) atoms. The van der Waals surface area contributed by atoms with Crippen LogP contribution < -0.4 is 5.32 Å². The number of nitrogens with zero attached hydrogens (tertiary/aromatic N) is 3. The first-order valence-corrected chi connectivity index (χ1v) is 10.6. The molecule has 3 aromatic rings. The van der Waals surface area contributed by atoms with E-state index in [4.69, 9.17) is 34.8 Å². The lowest BCUT2D eigenvalue weighted by molar-refractivity contribution is -0.113. The lowest BCUT2D eigenvalue weighted by Crippen LogP contribution is -2.15. The van der Waals surface area contributed by atoms with E-state index in [1.807, 2.05) is 35.8 Å². The Balaban J connectivity index is 1.65. The fraction of sp³-hybridized carbons (Fsp3) is 0.211. The van der Waals surface area contributed by atoms with E-state index >= 15 is 0 Å². The molecule has 146 valence electrons. The summed E-state index contributed by atoms with van der Waals surface area (Å²) in [6, 6.07) is 12.7. The van der Waals surface area contributed by atoms with Crippen molar-refractivity contribution in [3.05, 3.63) is 68.9 Å². The van der Waals surface area contributed by atoms with Crippen molar-refractivity contribution in [2.45, 2.75) is 25.0 Å². The molecule has 1 aromatic heterocycles. The lowest BCUT2D eigenvalue weighted by Gasteiger charge is -2.10. The number of anilines is 1. The van der Waals surface area contributed by atoms with E-state index in [-0.39, 0.29) is 11.7 Å². The molecular formula is C19H17Cl3N4OS. The summed E-state index contributed by atoms with van der Waals surface area (Å²) in [5.74, 6) is 0.785. The van der Waals surface area contributed by atoms with Crippen LogP contribution in [-0.2, 0) is 17.8 Å². The van der Waals surface area contributed by atoms with Gasteiger partial charge < -0.3 is 9.88 Å². The third-order valence-corrected chi connectivity index (χ3v) is 5.79. The summed E-state index contributed by atoms with van der Waals surface area (Å²) in [6.45, 7) is 2.72. The van der Waals surface area contributed by atoms with Crippen LogP contribution in [0.2, 0.25) is 15.1 Å². The van der Waals surface area contributed by atoms with Gasteiger partial charge in [0.05, 0.1) is 21.5 Å². The Morgan fingerprint density at radius 3 is 2.39 bits per heavy atom. The van der Waals surface area contributed by atoms with E-state index in [0.29, 0.717) is 38.9 Å². The zero-order valence-electron chi connectivity index (χ0n) is 15.0. The van der Waals surface area contributed by atoms with E-state index in [0.717, 1.165) is 11.4 Å². The van der Waals surface area contributed by atoms with Gasteiger partial charge in [-0.25, -0.2) is 0 Å². The SMILES string of the molecule is CCn1c(Cc2ccc(Cl)cc2)nnc1SCC(=O)Nc1c(Cl)cccc1Cl. The Hall–Kier alpha value is -1.73. The molecule has 0 atom stereocenters. The van der Waals surface area contributed by atoms with Crippen molar-refractivity contribution < 1.29 is 4.79 Å². The molecule has 3 rings (SSSR count). The van der Waals surface area contributed by atoms with Crippen molar-refractivity contribution in [1.82, 2.24) is 14.8 Å². The monoisotopic (exact) mass is 454 g/mol. The minimum atomic E-state index is -0.218. The van der Waals surface area contributed by atoms with Crippen molar-refractivity contribution in [3.8, 4) is 0 Å². The van der Waals surface area contributed by atoms with Crippen LogP contribution in [-0.4, -0.2) is 26.4 Å². The molecule has 5 nitrogen and oxygen atoms in total. The largest absolute Gasteiger partial charge is 0.323 e. The zero-order chi connectivity index (χ0) is 20.1. The Morgan fingerprint density at radius 2 is 1.75 bits per heavy atom. The second-order valence-corrected chi connectivity index (χ2v) is 8.07. The highest BCUT2D eigenvalue weighted by atomic mass is 35.5. The van der Waals surface area contributed by atoms with E-state index in [1.165, 1.54) is 11.8 Å². The van der Waals surface area contributed by atoms with Gasteiger partial charge in [0.25, 0.3) is 0 Å². The fourth-order valence-electron chi connectivity index (χ4n) is 2.58. The molecule has 0 saturated carbocycles. The molecule has 0 aliphatic heterocycles. The van der Waals surface area contributed by atoms with Gasteiger partial charge in [0.15, 0.2) is 5.16 Å². The number of para-hydroxylation sites is 1. The van der Waals surface area contributed by atoms with Crippen LogP contribution in [0.1, 0.15) is 18.3 Å². The molecule has 1 N–H and O–H groups in total. The van der Waals surface area contributed by atoms with Gasteiger partial charge in [-0.3, -0.25) is 4.79 Å². The van der Waals surface area contributed by atoms with Gasteiger partial charge in [-0.15, -0.1) is 10.2 Å². The van der Waals surface area contributed by atoms with Crippen LogP contribution in [0.15, 0.2) is 47.6 Å². The lowest BCUT2D eigenvalue weighted by atomic mass is 10.1. The summed E-state index contributed by atoms with van der Waals surface area (Å²) in [6.07, 6.45) is 0.639. The quantitative estimate of drug-likeness (QED) is 0.472. The van der Waals surface area contributed by atoms with Crippen molar-refractivity contribution in [3.63, 3.8) is 0 Å². The maximum absolute atomic E-state index is 12.3. The summed E-state index contributed by atoms with van der Waals surface area (Å²) >= 11 is 19.4. The minimum absolute atomic E-state index is 0.167. The Labute approximate surface area is 182 Å². The van der Waals surface area contributed by atoms with Crippen LogP contribution >= 0.6 is 46.6 Å². The molecule has 2 aromatic carbocycles. The summed E-state index contributed by atoms with van der Waals surface area (Å²) in [5.41, 5.74) is 1.51. The molecule has 0 fully saturated rings. The van der Waals surface area contributed by atoms with Crippen LogP contribution in [0.3, 0.4) is 0 Å². The number of thioether (sulfide) groups is 1. The maximum atomic E-state index is 12.3. The Morgan fingerprint density at radius 1 is 1.07 bits per heavy atom. The first-order valence-electron chi connectivity index (χ1n) is 8.51. The Bertz CT molecular complexity index is 956. The summed E-state index contributed by atoms with van der Waals surface area (Å²) in [4.78, 5) is 12.3. The van der Waals surface area contributed by atoms with Crippen molar-refractivity contribution >= 4 is 58.2 Å². The van der Waals surface area contributed by atoms with Crippen LogP contribution in [0, 0.1) is 0 Å². The van der Waals surface area contributed by atoms with Gasteiger partial charge in [-0.2, -0.15) is 0 Å². The van der Waals surface area contributed by atoms with Crippen LogP contribution in [0.5, 0.6) is 0 Å².